The van der Waals surface area contributed by atoms with Crippen LogP contribution in [-0.4, -0.2) is 29.4 Å². The monoisotopic (exact) mass is 310 g/mol. The lowest BCUT2D eigenvalue weighted by molar-refractivity contribution is -0.132. The molecule has 1 amide bonds. The van der Waals surface area contributed by atoms with E-state index in [2.05, 4.69) is 11.1 Å². The Morgan fingerprint density at radius 2 is 2.04 bits per heavy atom. The minimum absolute atomic E-state index is 0.135. The zero-order valence-electron chi connectivity index (χ0n) is 13.4. The number of pyridine rings is 1. The smallest absolute Gasteiger partial charge is 0.223 e. The standard InChI is InChI=1S/C19H22N2O2/c1-23-18-7-3-2-5-16(18)17-6-4-14-21(17)19(22)9-8-15-10-12-20-13-11-15/h2-3,5,7,10-13,17H,4,6,8-9,14H2,1H3. The molecular weight excluding hydrogens is 288 g/mol. The number of ether oxygens (including phenoxy) is 1. The number of aryl methyl sites for hydroxylation is 1. The highest BCUT2D eigenvalue weighted by molar-refractivity contribution is 5.77. The van der Waals surface area contributed by atoms with E-state index in [1.165, 1.54) is 0 Å². The fraction of sp³-hybridized carbons (Fsp3) is 0.368. The summed E-state index contributed by atoms with van der Waals surface area (Å²) in [4.78, 5) is 18.7. The Labute approximate surface area is 137 Å². The first-order valence-corrected chi connectivity index (χ1v) is 8.11. The lowest BCUT2D eigenvalue weighted by Crippen LogP contribution is -2.30. The fourth-order valence-corrected chi connectivity index (χ4v) is 3.27. The van der Waals surface area contributed by atoms with E-state index < -0.39 is 0 Å². The van der Waals surface area contributed by atoms with Crippen LogP contribution in [0.25, 0.3) is 0 Å². The van der Waals surface area contributed by atoms with Crippen molar-refractivity contribution >= 4 is 5.91 Å². The van der Waals surface area contributed by atoms with E-state index in [0.717, 1.165) is 42.7 Å². The minimum atomic E-state index is 0.135. The molecular formula is C19H22N2O2. The van der Waals surface area contributed by atoms with Gasteiger partial charge < -0.3 is 9.64 Å². The van der Waals surface area contributed by atoms with E-state index in [9.17, 15) is 4.79 Å². The number of para-hydroxylation sites is 1. The van der Waals surface area contributed by atoms with Gasteiger partial charge in [0, 0.05) is 30.9 Å². The van der Waals surface area contributed by atoms with E-state index in [0.29, 0.717) is 6.42 Å². The number of hydrogen-bond acceptors (Lipinski definition) is 3. The van der Waals surface area contributed by atoms with Gasteiger partial charge in [0.1, 0.15) is 5.75 Å². The second-order valence-corrected chi connectivity index (χ2v) is 5.84. The fourth-order valence-electron chi connectivity index (χ4n) is 3.27. The molecule has 0 saturated carbocycles. The van der Waals surface area contributed by atoms with Crippen LogP contribution in [0.15, 0.2) is 48.8 Å². The molecule has 2 heterocycles. The van der Waals surface area contributed by atoms with Crippen LogP contribution in [0.4, 0.5) is 0 Å². The topological polar surface area (TPSA) is 42.4 Å². The number of nitrogens with zero attached hydrogens (tertiary/aromatic N) is 2. The van der Waals surface area contributed by atoms with Crippen LogP contribution in [0, 0.1) is 0 Å². The van der Waals surface area contributed by atoms with Gasteiger partial charge >= 0.3 is 0 Å². The predicted octanol–water partition coefficient (Wildman–Crippen LogP) is 3.39. The summed E-state index contributed by atoms with van der Waals surface area (Å²) >= 11 is 0. The SMILES string of the molecule is COc1ccccc1C1CCCN1C(=O)CCc1ccncc1. The Morgan fingerprint density at radius 3 is 2.83 bits per heavy atom. The molecule has 1 aromatic heterocycles. The van der Waals surface area contributed by atoms with E-state index in [1.807, 2.05) is 35.2 Å². The number of aromatic nitrogens is 1. The van der Waals surface area contributed by atoms with Crippen LogP contribution in [-0.2, 0) is 11.2 Å². The van der Waals surface area contributed by atoms with Crippen LogP contribution in [0.5, 0.6) is 5.75 Å². The van der Waals surface area contributed by atoms with E-state index in [-0.39, 0.29) is 11.9 Å². The number of carbonyl (C=O) groups excluding carboxylic acids is 1. The van der Waals surface area contributed by atoms with Gasteiger partial charge in [0.25, 0.3) is 0 Å². The molecule has 1 saturated heterocycles. The summed E-state index contributed by atoms with van der Waals surface area (Å²) in [6, 6.07) is 12.1. The van der Waals surface area contributed by atoms with Crippen molar-refractivity contribution in [3.8, 4) is 5.75 Å². The van der Waals surface area contributed by atoms with Gasteiger partial charge in [-0.25, -0.2) is 0 Å². The molecule has 1 unspecified atom stereocenters. The summed E-state index contributed by atoms with van der Waals surface area (Å²) in [5.41, 5.74) is 2.27. The zero-order chi connectivity index (χ0) is 16.1. The maximum absolute atomic E-state index is 12.7. The Bertz CT molecular complexity index is 657. The molecule has 1 aliphatic rings. The molecule has 120 valence electrons. The van der Waals surface area contributed by atoms with Gasteiger partial charge in [0.15, 0.2) is 0 Å². The molecule has 0 radical (unpaired) electrons. The first-order valence-electron chi connectivity index (χ1n) is 8.11. The van der Waals surface area contributed by atoms with Gasteiger partial charge in [-0.05, 0) is 43.0 Å². The summed E-state index contributed by atoms with van der Waals surface area (Å²) in [6.07, 6.45) is 6.89. The molecule has 1 atom stereocenters. The average Bonchev–Trinajstić information content (AvgIpc) is 3.10. The first kappa shape index (κ1) is 15.5. The van der Waals surface area contributed by atoms with Crippen molar-refractivity contribution in [2.45, 2.75) is 31.7 Å². The van der Waals surface area contributed by atoms with E-state index in [4.69, 9.17) is 4.74 Å². The van der Waals surface area contributed by atoms with Gasteiger partial charge in [-0.2, -0.15) is 0 Å². The van der Waals surface area contributed by atoms with Crippen molar-refractivity contribution in [1.29, 1.82) is 0 Å². The van der Waals surface area contributed by atoms with E-state index in [1.54, 1.807) is 19.5 Å². The number of likely N-dealkylation sites (tertiary alicyclic amines) is 1. The minimum Gasteiger partial charge on any atom is -0.496 e. The first-order chi connectivity index (χ1) is 11.3. The summed E-state index contributed by atoms with van der Waals surface area (Å²) < 4.78 is 5.47. The van der Waals surface area contributed by atoms with Gasteiger partial charge in [-0.15, -0.1) is 0 Å². The average molecular weight is 310 g/mol. The van der Waals surface area contributed by atoms with Crippen molar-refractivity contribution in [2.75, 3.05) is 13.7 Å². The number of amides is 1. The van der Waals surface area contributed by atoms with Crippen molar-refractivity contribution in [1.82, 2.24) is 9.88 Å². The highest BCUT2D eigenvalue weighted by Gasteiger charge is 2.31. The maximum Gasteiger partial charge on any atom is 0.223 e. The zero-order valence-corrected chi connectivity index (χ0v) is 13.4. The quantitative estimate of drug-likeness (QED) is 0.850. The number of methoxy groups -OCH3 is 1. The molecule has 23 heavy (non-hydrogen) atoms. The summed E-state index contributed by atoms with van der Waals surface area (Å²) in [5, 5.41) is 0. The van der Waals surface area contributed by atoms with Gasteiger partial charge in [-0.3, -0.25) is 9.78 Å². The van der Waals surface area contributed by atoms with Crippen molar-refractivity contribution in [2.24, 2.45) is 0 Å². The largest absolute Gasteiger partial charge is 0.496 e. The van der Waals surface area contributed by atoms with Gasteiger partial charge in [0.2, 0.25) is 5.91 Å². The molecule has 1 aromatic carbocycles. The Balaban J connectivity index is 1.70. The Morgan fingerprint density at radius 1 is 1.26 bits per heavy atom. The third-order valence-corrected chi connectivity index (χ3v) is 4.45. The molecule has 2 aromatic rings. The van der Waals surface area contributed by atoms with E-state index >= 15 is 0 Å². The number of hydrogen-bond donors (Lipinski definition) is 0. The van der Waals surface area contributed by atoms with Crippen LogP contribution in [0.2, 0.25) is 0 Å². The Kier molecular flexibility index (Phi) is 4.91. The molecule has 4 nitrogen and oxygen atoms in total. The highest BCUT2D eigenvalue weighted by atomic mass is 16.5. The molecule has 3 rings (SSSR count). The molecule has 0 bridgehead atoms. The normalized spacial score (nSPS) is 17.3. The molecule has 0 aliphatic carbocycles. The molecule has 1 fully saturated rings. The summed E-state index contributed by atoms with van der Waals surface area (Å²) in [7, 11) is 1.68. The lowest BCUT2D eigenvalue weighted by Gasteiger charge is -2.26. The number of benzene rings is 1. The predicted molar refractivity (Wildman–Crippen MR) is 89.2 cm³/mol. The molecule has 0 N–H and O–H groups in total. The highest BCUT2D eigenvalue weighted by Crippen LogP contribution is 2.37. The Hall–Kier alpha value is -2.36. The van der Waals surface area contributed by atoms with Crippen LogP contribution in [0.1, 0.15) is 36.4 Å². The van der Waals surface area contributed by atoms with Gasteiger partial charge in [-0.1, -0.05) is 18.2 Å². The van der Waals surface area contributed by atoms with Crippen molar-refractivity contribution in [3.05, 3.63) is 59.9 Å². The summed E-state index contributed by atoms with van der Waals surface area (Å²) in [6.45, 7) is 0.831. The van der Waals surface area contributed by atoms with Crippen LogP contribution < -0.4 is 4.74 Å². The van der Waals surface area contributed by atoms with Crippen molar-refractivity contribution < 1.29 is 9.53 Å². The third-order valence-electron chi connectivity index (χ3n) is 4.45. The molecule has 0 spiro atoms. The second-order valence-electron chi connectivity index (χ2n) is 5.84. The third kappa shape index (κ3) is 3.52. The molecule has 4 heteroatoms. The van der Waals surface area contributed by atoms with Gasteiger partial charge in [0.05, 0.1) is 13.2 Å². The van der Waals surface area contributed by atoms with Crippen LogP contribution in [0.3, 0.4) is 0 Å². The van der Waals surface area contributed by atoms with Crippen LogP contribution >= 0.6 is 0 Å². The van der Waals surface area contributed by atoms with Crippen molar-refractivity contribution in [3.63, 3.8) is 0 Å². The number of rotatable bonds is 5. The lowest BCUT2D eigenvalue weighted by atomic mass is 10.0. The second kappa shape index (κ2) is 7.27. The maximum atomic E-state index is 12.7. The number of carbonyl (C=O) groups is 1. The molecule has 1 aliphatic heterocycles. The summed E-state index contributed by atoms with van der Waals surface area (Å²) in [5.74, 6) is 1.08.